The lowest BCUT2D eigenvalue weighted by molar-refractivity contribution is -0.307. The van der Waals surface area contributed by atoms with Crippen molar-refractivity contribution in [1.29, 1.82) is 0 Å². The van der Waals surface area contributed by atoms with Gasteiger partial charge in [0.15, 0.2) is 0 Å². The van der Waals surface area contributed by atoms with Gasteiger partial charge >= 0.3 is 0 Å². The molecule has 0 aromatic heterocycles. The highest BCUT2D eigenvalue weighted by atomic mass is 79.9. The first-order valence-electron chi connectivity index (χ1n) is 2.40. The molecule has 0 aliphatic heterocycles. The SMILES string of the molecule is OC(O)(O)C(Br)C(Br)CBr. The predicted octanol–water partition coefficient (Wildman–Crippen LogP) is 0.539. The quantitative estimate of drug-likeness (QED) is 0.518. The second-order valence-corrected chi connectivity index (χ2v) is 4.57. The smallest absolute Gasteiger partial charge is 0.289 e. The Morgan fingerprint density at radius 1 is 1.20 bits per heavy atom. The Morgan fingerprint density at radius 3 is 1.70 bits per heavy atom. The molecule has 2 atom stereocenters. The molecule has 0 aromatic carbocycles. The average molecular weight is 343 g/mol. The van der Waals surface area contributed by atoms with Crippen molar-refractivity contribution in [3.05, 3.63) is 0 Å². The molecule has 6 heteroatoms. The van der Waals surface area contributed by atoms with Crippen molar-refractivity contribution in [2.24, 2.45) is 0 Å². The molecule has 0 fully saturated rings. The van der Waals surface area contributed by atoms with Crippen LogP contribution in [0.2, 0.25) is 0 Å². The Morgan fingerprint density at radius 2 is 1.60 bits per heavy atom. The van der Waals surface area contributed by atoms with Gasteiger partial charge < -0.3 is 15.3 Å². The van der Waals surface area contributed by atoms with Gasteiger partial charge in [0.1, 0.15) is 4.83 Å². The zero-order valence-electron chi connectivity index (χ0n) is 4.84. The summed E-state index contributed by atoms with van der Waals surface area (Å²) in [7, 11) is 0. The van der Waals surface area contributed by atoms with Crippen molar-refractivity contribution in [2.45, 2.75) is 15.6 Å². The monoisotopic (exact) mass is 340 g/mol. The van der Waals surface area contributed by atoms with Crippen LogP contribution in [0.15, 0.2) is 0 Å². The molecule has 10 heavy (non-hydrogen) atoms. The Balaban J connectivity index is 3.94. The lowest BCUT2D eigenvalue weighted by atomic mass is 10.3. The van der Waals surface area contributed by atoms with Crippen molar-refractivity contribution >= 4 is 47.8 Å². The largest absolute Gasteiger partial charge is 0.343 e. The molecule has 0 saturated heterocycles. The molecule has 0 spiro atoms. The first kappa shape index (κ1) is 11.3. The first-order chi connectivity index (χ1) is 4.39. The second kappa shape index (κ2) is 4.37. The molecule has 62 valence electrons. The van der Waals surface area contributed by atoms with Crippen LogP contribution < -0.4 is 0 Å². The number of alkyl halides is 3. The van der Waals surface area contributed by atoms with Crippen LogP contribution in [-0.4, -0.2) is 36.3 Å². The molecular weight excluding hydrogens is 336 g/mol. The normalized spacial score (nSPS) is 18.6. The summed E-state index contributed by atoms with van der Waals surface area (Å²) in [6.45, 7) is 0. The van der Waals surface area contributed by atoms with Crippen LogP contribution in [0.4, 0.5) is 0 Å². The Labute approximate surface area is 83.8 Å². The third kappa shape index (κ3) is 3.64. The number of aliphatic hydroxyl groups is 3. The highest BCUT2D eigenvalue weighted by Gasteiger charge is 2.34. The van der Waals surface area contributed by atoms with E-state index in [1.807, 2.05) is 0 Å². The van der Waals surface area contributed by atoms with E-state index in [4.69, 9.17) is 15.3 Å². The fourth-order valence-electron chi connectivity index (χ4n) is 0.321. The Kier molecular flexibility index (Phi) is 4.95. The summed E-state index contributed by atoms with van der Waals surface area (Å²) in [4.78, 5) is -1.06. The van der Waals surface area contributed by atoms with Crippen molar-refractivity contribution in [3.63, 3.8) is 0 Å². The van der Waals surface area contributed by atoms with E-state index in [9.17, 15) is 0 Å². The van der Waals surface area contributed by atoms with Crippen LogP contribution >= 0.6 is 47.8 Å². The van der Waals surface area contributed by atoms with Gasteiger partial charge in [-0.25, -0.2) is 0 Å². The minimum Gasteiger partial charge on any atom is -0.343 e. The predicted molar refractivity (Wildman–Crippen MR) is 48.6 cm³/mol. The van der Waals surface area contributed by atoms with Crippen LogP contribution in [0.3, 0.4) is 0 Å². The van der Waals surface area contributed by atoms with E-state index >= 15 is 0 Å². The molecule has 3 nitrogen and oxygen atoms in total. The molecule has 3 N–H and O–H groups in total. The summed E-state index contributed by atoms with van der Waals surface area (Å²) in [5.74, 6) is -2.68. The number of halogens is 3. The third-order valence-electron chi connectivity index (χ3n) is 0.835. The maximum absolute atomic E-state index is 8.60. The van der Waals surface area contributed by atoms with Crippen molar-refractivity contribution < 1.29 is 15.3 Å². The fourth-order valence-corrected chi connectivity index (χ4v) is 1.74. The van der Waals surface area contributed by atoms with Gasteiger partial charge in [-0.3, -0.25) is 0 Å². The third-order valence-corrected chi connectivity index (χ3v) is 5.22. The molecule has 0 aliphatic carbocycles. The summed E-state index contributed by atoms with van der Waals surface area (Å²) in [6.07, 6.45) is 0. The van der Waals surface area contributed by atoms with Crippen LogP contribution in [0, 0.1) is 0 Å². The van der Waals surface area contributed by atoms with E-state index in [1.54, 1.807) is 0 Å². The van der Waals surface area contributed by atoms with E-state index in [-0.39, 0.29) is 4.83 Å². The van der Waals surface area contributed by atoms with E-state index < -0.39 is 10.8 Å². The van der Waals surface area contributed by atoms with Gasteiger partial charge in [-0.1, -0.05) is 47.8 Å². The molecule has 0 bridgehead atoms. The Hall–Kier alpha value is 1.32. The van der Waals surface area contributed by atoms with Gasteiger partial charge in [0.25, 0.3) is 5.97 Å². The van der Waals surface area contributed by atoms with Gasteiger partial charge in [0, 0.05) is 10.2 Å². The zero-order chi connectivity index (χ0) is 8.36. The van der Waals surface area contributed by atoms with Crippen LogP contribution in [0.5, 0.6) is 0 Å². The van der Waals surface area contributed by atoms with E-state index in [2.05, 4.69) is 47.8 Å². The van der Waals surface area contributed by atoms with E-state index in [1.165, 1.54) is 0 Å². The summed E-state index contributed by atoms with van der Waals surface area (Å²) < 4.78 is 0. The van der Waals surface area contributed by atoms with Gasteiger partial charge in [-0.05, 0) is 0 Å². The molecule has 0 saturated carbocycles. The second-order valence-electron chi connectivity index (χ2n) is 1.76. The summed E-state index contributed by atoms with van der Waals surface area (Å²) in [6, 6.07) is 0. The minimum absolute atomic E-state index is 0.243. The molecule has 0 rings (SSSR count). The number of hydrogen-bond donors (Lipinski definition) is 3. The molecule has 2 unspecified atom stereocenters. The summed E-state index contributed by atoms with van der Waals surface area (Å²) in [5, 5.41) is 26.3. The molecule has 0 aromatic rings. The number of rotatable bonds is 3. The van der Waals surface area contributed by atoms with Crippen LogP contribution in [-0.2, 0) is 0 Å². The van der Waals surface area contributed by atoms with E-state index in [0.717, 1.165) is 0 Å². The van der Waals surface area contributed by atoms with Crippen LogP contribution in [0.1, 0.15) is 0 Å². The fraction of sp³-hybridized carbons (Fsp3) is 1.00. The standard InChI is InChI=1S/C4H7Br3O3/c5-1-2(6)3(7)4(8,9)10/h2-3,8-10H,1H2. The zero-order valence-corrected chi connectivity index (χ0v) is 9.60. The van der Waals surface area contributed by atoms with Crippen LogP contribution in [0.25, 0.3) is 0 Å². The van der Waals surface area contributed by atoms with Gasteiger partial charge in [-0.2, -0.15) is 0 Å². The molecule has 0 aliphatic rings. The maximum Gasteiger partial charge on any atom is 0.289 e. The molecule has 0 amide bonds. The molecular formula is C4H7Br3O3. The highest BCUT2D eigenvalue weighted by molar-refractivity contribution is 9.13. The molecule has 0 heterocycles. The minimum atomic E-state index is -2.68. The summed E-state index contributed by atoms with van der Waals surface area (Å²) >= 11 is 9.10. The van der Waals surface area contributed by atoms with Gasteiger partial charge in [-0.15, -0.1) is 0 Å². The maximum atomic E-state index is 8.60. The van der Waals surface area contributed by atoms with Gasteiger partial charge in [0.05, 0.1) is 0 Å². The van der Waals surface area contributed by atoms with Crippen molar-refractivity contribution in [2.75, 3.05) is 5.33 Å². The van der Waals surface area contributed by atoms with E-state index in [0.29, 0.717) is 5.33 Å². The summed E-state index contributed by atoms with van der Waals surface area (Å²) in [5.41, 5.74) is 0. The van der Waals surface area contributed by atoms with Gasteiger partial charge in [0.2, 0.25) is 0 Å². The number of hydrogen-bond acceptors (Lipinski definition) is 3. The topological polar surface area (TPSA) is 60.7 Å². The lowest BCUT2D eigenvalue weighted by Gasteiger charge is -2.23. The first-order valence-corrected chi connectivity index (χ1v) is 5.36. The highest BCUT2D eigenvalue weighted by Crippen LogP contribution is 2.23. The molecule has 0 radical (unpaired) electrons. The Bertz CT molecular complexity index is 102. The van der Waals surface area contributed by atoms with Crippen molar-refractivity contribution in [3.8, 4) is 0 Å². The van der Waals surface area contributed by atoms with Crippen molar-refractivity contribution in [1.82, 2.24) is 0 Å². The average Bonchev–Trinajstić information content (AvgIpc) is 1.83. The lowest BCUT2D eigenvalue weighted by Crippen LogP contribution is -2.43.